The smallest absolute Gasteiger partial charge is 0.0645 e. The van der Waals surface area contributed by atoms with Crippen molar-refractivity contribution in [3.63, 3.8) is 0 Å². The first-order valence-corrected chi connectivity index (χ1v) is 17.9. The Morgan fingerprint density at radius 1 is 0.333 bits per heavy atom. The van der Waals surface area contributed by atoms with Gasteiger partial charge in [-0.1, -0.05) is 151 Å². The van der Waals surface area contributed by atoms with Gasteiger partial charge in [0.2, 0.25) is 0 Å². The lowest BCUT2D eigenvalue weighted by molar-refractivity contribution is 1.17. The third-order valence-electron chi connectivity index (χ3n) is 10.3. The van der Waals surface area contributed by atoms with Crippen molar-refractivity contribution in [2.75, 3.05) is 0 Å². The lowest BCUT2D eigenvalue weighted by Crippen LogP contribution is -1.98. The van der Waals surface area contributed by atoms with Gasteiger partial charge in [0.15, 0.2) is 0 Å². The van der Waals surface area contributed by atoms with E-state index in [2.05, 4.69) is 0 Å². The highest BCUT2D eigenvalue weighted by Crippen LogP contribution is 2.44. The van der Waals surface area contributed by atoms with Crippen molar-refractivity contribution in [3.05, 3.63) is 212 Å². The Morgan fingerprint density at radius 3 is 1.70 bits per heavy atom. The second kappa shape index (κ2) is 12.5. The lowest BCUT2D eigenvalue weighted by atomic mass is 9.99. The molecule has 9 aromatic carbocycles. The quantitative estimate of drug-likeness (QED) is 0.167. The van der Waals surface area contributed by atoms with Crippen molar-refractivity contribution < 1.29 is 28.8 Å². The molecule has 57 heavy (non-hydrogen) atoms. The Morgan fingerprint density at radius 2 is 0.912 bits per heavy atom. The van der Waals surface area contributed by atoms with Crippen molar-refractivity contribution in [1.29, 1.82) is 0 Å². The fraction of sp³-hybridized carbons (Fsp3) is 0. The molecule has 0 spiro atoms. The normalized spacial score (nSPS) is 17.0. The monoisotopic (exact) mass is 746 g/mol. The minimum Gasteiger partial charge on any atom is -0.309 e. The van der Waals surface area contributed by atoms with Crippen LogP contribution in [-0.4, -0.2) is 13.7 Å². The Labute approximate surface area is 359 Å². The molecule has 0 bridgehead atoms. The zero-order valence-corrected chi connectivity index (χ0v) is 29.4. The van der Waals surface area contributed by atoms with E-state index in [1.807, 2.05) is 0 Å². The largest absolute Gasteiger partial charge is 0.309 e. The van der Waals surface area contributed by atoms with Crippen LogP contribution in [-0.2, 0) is 0 Å². The summed E-state index contributed by atoms with van der Waals surface area (Å²) in [5.74, 6) is 0. The minimum absolute atomic E-state index is 0.178. The second-order valence-corrected chi connectivity index (χ2v) is 13.3. The summed E-state index contributed by atoms with van der Waals surface area (Å²) < 4.78 is 200. The molecule has 3 heteroatoms. The zero-order chi connectivity index (χ0) is 55.7. The zero-order valence-electron chi connectivity index (χ0n) is 50.4. The maximum Gasteiger partial charge on any atom is 0.0645 e. The molecule has 0 unspecified atom stereocenters. The summed E-state index contributed by atoms with van der Waals surface area (Å²) in [5, 5.41) is -1.91. The molecular formula is C54H35N3. The van der Waals surface area contributed by atoms with Gasteiger partial charge in [0.05, 0.1) is 73.3 Å². The number of rotatable bonds is 5. The van der Waals surface area contributed by atoms with E-state index in [0.29, 0.717) is 11.1 Å². The molecule has 12 aromatic rings. The van der Waals surface area contributed by atoms with Crippen LogP contribution in [0.4, 0.5) is 0 Å². The number of fused-ring (bicyclic) bond motifs is 9. The fourth-order valence-corrected chi connectivity index (χ4v) is 7.95. The van der Waals surface area contributed by atoms with Gasteiger partial charge in [0.25, 0.3) is 0 Å². The summed E-state index contributed by atoms with van der Waals surface area (Å²) >= 11 is 0. The van der Waals surface area contributed by atoms with Crippen LogP contribution in [0, 0.1) is 0 Å². The van der Waals surface area contributed by atoms with Crippen LogP contribution in [0.15, 0.2) is 212 Å². The van der Waals surface area contributed by atoms with Crippen LogP contribution in [0.3, 0.4) is 0 Å². The van der Waals surface area contributed by atoms with Gasteiger partial charge in [0.1, 0.15) is 0 Å². The van der Waals surface area contributed by atoms with E-state index in [9.17, 15) is 20.6 Å². The number of para-hydroxylation sites is 6. The first-order chi connectivity index (χ1) is 37.1. The van der Waals surface area contributed by atoms with E-state index >= 15 is 0 Å². The summed E-state index contributed by atoms with van der Waals surface area (Å²) in [7, 11) is 0. The number of hydrogen-bond donors (Lipinski definition) is 0. The second-order valence-electron chi connectivity index (χ2n) is 13.3. The van der Waals surface area contributed by atoms with Gasteiger partial charge in [-0.2, -0.15) is 0 Å². The van der Waals surface area contributed by atoms with E-state index < -0.39 is 166 Å². The van der Waals surface area contributed by atoms with E-state index in [1.165, 1.54) is 9.13 Å². The summed E-state index contributed by atoms with van der Waals surface area (Å²) in [6, 6.07) is 8.84. The topological polar surface area (TPSA) is 14.8 Å². The molecule has 3 heterocycles. The molecule has 3 aromatic heterocycles. The van der Waals surface area contributed by atoms with Crippen LogP contribution >= 0.6 is 0 Å². The van der Waals surface area contributed by atoms with Crippen LogP contribution in [0.1, 0.15) is 28.8 Å². The van der Waals surface area contributed by atoms with E-state index in [0.717, 1.165) is 4.57 Å². The van der Waals surface area contributed by atoms with Crippen LogP contribution < -0.4 is 0 Å². The van der Waals surface area contributed by atoms with Gasteiger partial charge in [-0.3, -0.25) is 0 Å². The third kappa shape index (κ3) is 4.66. The standard InChI is InChI=1S/C54H35N3/c1-3-17-36(18-4-1)39-21-7-11-27-46(39)57-48-29-13-8-22-41(48)43-26-15-25-40(54(43)57)37-33-34-50-45(35-37)42-23-9-12-28-47(42)56(50)52-32-16-31-51-53(52)44-24-10-14-30-49(44)55(51)38-19-5-2-6-20-38/h1-35H/i8D,9D,10D,12D,13D,14D,15D,16D,22D,23D,24D,25D,26D,28D,29D,30D,31D,32D,33D,34D,35D. The number of benzene rings is 9. The van der Waals surface area contributed by atoms with Crippen molar-refractivity contribution in [2.24, 2.45) is 0 Å². The van der Waals surface area contributed by atoms with Gasteiger partial charge in [-0.05, 0) is 71.6 Å². The number of hydrogen-bond acceptors (Lipinski definition) is 0. The SMILES string of the molecule is [2H]c1c([2H])c([2H])c2c(c1[2H])c1c(-n3c4c([2H])c([2H])c([2H])c([2H])c4c4c([2H])c(-c5c([2H])c([2H])c([2H])c6c7c([2H])c([2H])c([2H])c([2H])c7n(-c7ccccc7-c7ccccc7)c56)c([2H])c([2H])c43)c([2H])c([2H])c([2H])c1n2-c1ccccc1. The van der Waals surface area contributed by atoms with Crippen LogP contribution in [0.2, 0.25) is 0 Å². The maximum absolute atomic E-state index is 10.3. The molecule has 0 fully saturated rings. The van der Waals surface area contributed by atoms with Crippen molar-refractivity contribution in [3.8, 4) is 39.3 Å². The average Bonchev–Trinajstić information content (AvgIpc) is 4.30. The van der Waals surface area contributed by atoms with Gasteiger partial charge in [-0.25, -0.2) is 0 Å². The Balaban J connectivity index is 1.35. The fourth-order valence-electron chi connectivity index (χ4n) is 7.95. The highest BCUT2D eigenvalue weighted by molar-refractivity contribution is 6.18. The lowest BCUT2D eigenvalue weighted by Gasteiger charge is -2.16. The molecule has 0 radical (unpaired) electrons. The molecule has 0 atom stereocenters. The maximum atomic E-state index is 10.3. The van der Waals surface area contributed by atoms with Crippen LogP contribution in [0.5, 0.6) is 0 Å². The van der Waals surface area contributed by atoms with E-state index in [-0.39, 0.29) is 55.0 Å². The van der Waals surface area contributed by atoms with Crippen molar-refractivity contribution in [2.45, 2.75) is 0 Å². The molecule has 0 amide bonds. The molecular weight excluding hydrogens is 691 g/mol. The molecule has 0 aliphatic carbocycles. The summed E-state index contributed by atoms with van der Waals surface area (Å²) in [5.41, 5.74) is -1.64. The molecule has 266 valence electrons. The van der Waals surface area contributed by atoms with Gasteiger partial charge in [0, 0.05) is 49.1 Å². The first kappa shape index (κ1) is 17.5. The minimum atomic E-state index is -0.855. The predicted molar refractivity (Wildman–Crippen MR) is 240 cm³/mol. The molecule has 12 rings (SSSR count). The molecule has 0 N–H and O–H groups in total. The summed E-state index contributed by atoms with van der Waals surface area (Å²) in [6.07, 6.45) is 0. The number of nitrogens with zero attached hydrogens (tertiary/aromatic N) is 3. The van der Waals surface area contributed by atoms with E-state index in [1.54, 1.807) is 84.9 Å². The highest BCUT2D eigenvalue weighted by Gasteiger charge is 2.22. The van der Waals surface area contributed by atoms with Crippen LogP contribution in [0.25, 0.3) is 105 Å². The van der Waals surface area contributed by atoms with Gasteiger partial charge < -0.3 is 13.7 Å². The summed E-state index contributed by atoms with van der Waals surface area (Å²) in [4.78, 5) is 0. The molecule has 0 aliphatic heterocycles. The Kier molecular flexibility index (Phi) is 3.81. The molecule has 0 saturated heterocycles. The Hall–Kier alpha value is -7.62. The third-order valence-corrected chi connectivity index (χ3v) is 10.3. The van der Waals surface area contributed by atoms with Gasteiger partial charge in [-0.15, -0.1) is 0 Å². The molecule has 0 saturated carbocycles. The Bertz CT molecular complexity index is 4740. The van der Waals surface area contributed by atoms with Crippen molar-refractivity contribution >= 4 is 65.4 Å². The predicted octanol–water partition coefficient (Wildman–Crippen LogP) is 14.3. The van der Waals surface area contributed by atoms with Crippen molar-refractivity contribution in [1.82, 2.24) is 13.7 Å². The molecule has 3 nitrogen and oxygen atoms in total. The average molecular weight is 747 g/mol. The first-order valence-electron chi connectivity index (χ1n) is 28.4. The van der Waals surface area contributed by atoms with E-state index in [4.69, 9.17) is 8.22 Å². The summed E-state index contributed by atoms with van der Waals surface area (Å²) in [6.45, 7) is 0. The molecule has 0 aliphatic rings. The van der Waals surface area contributed by atoms with Gasteiger partial charge >= 0.3 is 0 Å². The number of aromatic nitrogens is 3. The highest BCUT2D eigenvalue weighted by atomic mass is 15.0.